The molecule has 0 amide bonds. The summed E-state index contributed by atoms with van der Waals surface area (Å²) in [6, 6.07) is 17.8. The van der Waals surface area contributed by atoms with Crippen molar-refractivity contribution in [2.45, 2.75) is 6.92 Å². The van der Waals surface area contributed by atoms with Crippen LogP contribution < -0.4 is 14.2 Å². The van der Waals surface area contributed by atoms with Crippen molar-refractivity contribution >= 4 is 21.6 Å². The summed E-state index contributed by atoms with van der Waals surface area (Å²) in [6.07, 6.45) is 0. The average molecular weight is 362 g/mol. The lowest BCUT2D eigenvalue weighted by atomic mass is 10.2. The van der Waals surface area contributed by atoms with E-state index in [2.05, 4.69) is 28.2 Å². The molecule has 0 radical (unpaired) electrons. The first-order valence-electron chi connectivity index (χ1n) is 8.17. The summed E-state index contributed by atoms with van der Waals surface area (Å²) in [5.74, 6) is 3.28. The summed E-state index contributed by atoms with van der Waals surface area (Å²) in [5.41, 5.74) is 1.15. The van der Waals surface area contributed by atoms with Gasteiger partial charge in [0, 0.05) is 10.9 Å². The van der Waals surface area contributed by atoms with Gasteiger partial charge < -0.3 is 14.2 Å². The van der Waals surface area contributed by atoms with Crippen LogP contribution in [0.5, 0.6) is 23.1 Å². The van der Waals surface area contributed by atoms with E-state index < -0.39 is 0 Å². The van der Waals surface area contributed by atoms with Gasteiger partial charge in [0.1, 0.15) is 16.4 Å². The summed E-state index contributed by atoms with van der Waals surface area (Å²) in [7, 11) is 0. The number of hydrogen-bond acceptors (Lipinski definition) is 6. The second-order valence-electron chi connectivity index (χ2n) is 5.89. The molecule has 0 spiro atoms. The van der Waals surface area contributed by atoms with E-state index in [0.29, 0.717) is 23.2 Å². The van der Waals surface area contributed by atoms with E-state index in [1.165, 1.54) is 0 Å². The minimum absolute atomic E-state index is 0.237. The second-order valence-corrected chi connectivity index (χ2v) is 6.92. The SMILES string of the molecule is Cc1nc(Oc2ccc3c(c2)OCO3)c2cc(-c3ccccc3)sc2n1. The molecular weight excluding hydrogens is 348 g/mol. The Morgan fingerprint density at radius 1 is 0.962 bits per heavy atom. The van der Waals surface area contributed by atoms with Crippen LogP contribution in [0.2, 0.25) is 0 Å². The van der Waals surface area contributed by atoms with Gasteiger partial charge in [0.2, 0.25) is 12.7 Å². The first kappa shape index (κ1) is 15.2. The molecule has 5 rings (SSSR count). The molecule has 0 unspecified atom stereocenters. The van der Waals surface area contributed by atoms with Crippen LogP contribution in [0.25, 0.3) is 20.7 Å². The molecule has 0 N–H and O–H groups in total. The Balaban J connectivity index is 1.57. The fourth-order valence-corrected chi connectivity index (χ4v) is 3.94. The van der Waals surface area contributed by atoms with Gasteiger partial charge in [0.25, 0.3) is 0 Å². The predicted octanol–water partition coefficient (Wildman–Crippen LogP) is 5.19. The predicted molar refractivity (Wildman–Crippen MR) is 100 cm³/mol. The molecule has 5 nitrogen and oxygen atoms in total. The van der Waals surface area contributed by atoms with Crippen LogP contribution in [0.4, 0.5) is 0 Å². The number of aromatic nitrogens is 2. The normalized spacial score (nSPS) is 12.5. The van der Waals surface area contributed by atoms with Gasteiger partial charge in [-0.1, -0.05) is 30.3 Å². The Morgan fingerprint density at radius 3 is 2.69 bits per heavy atom. The molecular formula is C20H14N2O3S. The molecule has 2 aromatic heterocycles. The average Bonchev–Trinajstić information content (AvgIpc) is 3.28. The molecule has 0 saturated carbocycles. The van der Waals surface area contributed by atoms with Crippen LogP contribution in [0.1, 0.15) is 5.82 Å². The molecule has 1 aliphatic heterocycles. The minimum atomic E-state index is 0.237. The maximum Gasteiger partial charge on any atom is 0.231 e. The van der Waals surface area contributed by atoms with Gasteiger partial charge in [-0.05, 0) is 30.7 Å². The van der Waals surface area contributed by atoms with E-state index >= 15 is 0 Å². The topological polar surface area (TPSA) is 53.5 Å². The van der Waals surface area contributed by atoms with E-state index in [4.69, 9.17) is 14.2 Å². The first-order chi connectivity index (χ1) is 12.8. The largest absolute Gasteiger partial charge is 0.454 e. The van der Waals surface area contributed by atoms with Crippen molar-refractivity contribution in [2.24, 2.45) is 0 Å². The monoisotopic (exact) mass is 362 g/mol. The van der Waals surface area contributed by atoms with E-state index in [-0.39, 0.29) is 6.79 Å². The highest BCUT2D eigenvalue weighted by atomic mass is 32.1. The van der Waals surface area contributed by atoms with E-state index in [1.807, 2.05) is 43.3 Å². The Labute approximate surface area is 153 Å². The van der Waals surface area contributed by atoms with Crippen molar-refractivity contribution in [1.29, 1.82) is 0 Å². The molecule has 2 aromatic carbocycles. The van der Waals surface area contributed by atoms with E-state index in [9.17, 15) is 0 Å². The maximum atomic E-state index is 6.07. The third-order valence-electron chi connectivity index (χ3n) is 4.09. The Kier molecular flexibility index (Phi) is 3.50. The Morgan fingerprint density at radius 2 is 1.81 bits per heavy atom. The quantitative estimate of drug-likeness (QED) is 0.502. The van der Waals surface area contributed by atoms with Gasteiger partial charge in [0.05, 0.1) is 5.39 Å². The first-order valence-corrected chi connectivity index (χ1v) is 8.99. The van der Waals surface area contributed by atoms with Crippen LogP contribution in [0.3, 0.4) is 0 Å². The summed E-state index contributed by atoms with van der Waals surface area (Å²) < 4.78 is 16.8. The highest BCUT2D eigenvalue weighted by Gasteiger charge is 2.17. The molecule has 3 heterocycles. The molecule has 128 valence electrons. The van der Waals surface area contributed by atoms with Gasteiger partial charge in [-0.15, -0.1) is 11.3 Å². The molecule has 26 heavy (non-hydrogen) atoms. The van der Waals surface area contributed by atoms with Crippen molar-refractivity contribution in [1.82, 2.24) is 9.97 Å². The van der Waals surface area contributed by atoms with Crippen LogP contribution in [0.15, 0.2) is 54.6 Å². The van der Waals surface area contributed by atoms with Gasteiger partial charge in [-0.25, -0.2) is 4.98 Å². The second kappa shape index (κ2) is 6.00. The third kappa shape index (κ3) is 2.64. The van der Waals surface area contributed by atoms with Crippen molar-refractivity contribution in [2.75, 3.05) is 6.79 Å². The fourth-order valence-electron chi connectivity index (χ4n) is 2.87. The third-order valence-corrected chi connectivity index (χ3v) is 5.16. The van der Waals surface area contributed by atoms with Gasteiger partial charge in [-0.2, -0.15) is 4.98 Å². The zero-order valence-corrected chi connectivity index (χ0v) is 14.7. The van der Waals surface area contributed by atoms with Gasteiger partial charge >= 0.3 is 0 Å². The van der Waals surface area contributed by atoms with Crippen molar-refractivity contribution in [3.63, 3.8) is 0 Å². The van der Waals surface area contributed by atoms with Gasteiger partial charge in [0.15, 0.2) is 11.5 Å². The summed E-state index contributed by atoms with van der Waals surface area (Å²) >= 11 is 1.63. The number of hydrogen-bond donors (Lipinski definition) is 0. The number of aryl methyl sites for hydroxylation is 1. The lowest BCUT2D eigenvalue weighted by Gasteiger charge is -2.07. The molecule has 0 fully saturated rings. The smallest absolute Gasteiger partial charge is 0.231 e. The molecule has 0 bridgehead atoms. The lowest BCUT2D eigenvalue weighted by molar-refractivity contribution is 0.174. The van der Waals surface area contributed by atoms with Crippen LogP contribution in [-0.4, -0.2) is 16.8 Å². The highest BCUT2D eigenvalue weighted by molar-refractivity contribution is 7.21. The molecule has 1 aliphatic rings. The Bertz CT molecular complexity index is 1110. The molecule has 0 aliphatic carbocycles. The molecule has 6 heteroatoms. The van der Waals surface area contributed by atoms with E-state index in [1.54, 1.807) is 11.3 Å². The zero-order chi connectivity index (χ0) is 17.5. The summed E-state index contributed by atoms with van der Waals surface area (Å²) in [5, 5.41) is 0.900. The molecule has 0 atom stereocenters. The Hall–Kier alpha value is -3.12. The number of thiophene rings is 1. The number of rotatable bonds is 3. The van der Waals surface area contributed by atoms with Crippen molar-refractivity contribution < 1.29 is 14.2 Å². The fraction of sp³-hybridized carbons (Fsp3) is 0.100. The van der Waals surface area contributed by atoms with Crippen LogP contribution >= 0.6 is 11.3 Å². The maximum absolute atomic E-state index is 6.07. The standard InChI is InChI=1S/C20H14N2O3S/c1-12-21-19(25-14-7-8-16-17(9-14)24-11-23-16)15-10-18(26-20(15)22-12)13-5-3-2-4-6-13/h2-10H,11H2,1H3. The number of ether oxygens (including phenoxy) is 3. The van der Waals surface area contributed by atoms with Crippen LogP contribution in [0, 0.1) is 6.92 Å². The minimum Gasteiger partial charge on any atom is -0.454 e. The molecule has 0 saturated heterocycles. The van der Waals surface area contributed by atoms with Gasteiger partial charge in [-0.3, -0.25) is 0 Å². The number of benzene rings is 2. The molecule has 4 aromatic rings. The van der Waals surface area contributed by atoms with Crippen molar-refractivity contribution in [3.05, 3.63) is 60.4 Å². The van der Waals surface area contributed by atoms with Crippen molar-refractivity contribution in [3.8, 4) is 33.6 Å². The van der Waals surface area contributed by atoms with Crippen LogP contribution in [-0.2, 0) is 0 Å². The number of nitrogens with zero attached hydrogens (tertiary/aromatic N) is 2. The van der Waals surface area contributed by atoms with E-state index in [0.717, 1.165) is 26.4 Å². The zero-order valence-electron chi connectivity index (χ0n) is 13.9. The summed E-state index contributed by atoms with van der Waals surface area (Å²) in [6.45, 7) is 2.11. The number of fused-ring (bicyclic) bond motifs is 2. The highest BCUT2D eigenvalue weighted by Crippen LogP contribution is 2.40. The summed E-state index contributed by atoms with van der Waals surface area (Å²) in [4.78, 5) is 11.1. The lowest BCUT2D eigenvalue weighted by Crippen LogP contribution is -1.93.